The Balaban J connectivity index is 1.10. The average molecular weight is 836 g/mol. The highest BCUT2D eigenvalue weighted by molar-refractivity contribution is 6.31. The fourth-order valence-electron chi connectivity index (χ4n) is 9.22. The first-order valence-electron chi connectivity index (χ1n) is 20.3. The Bertz CT molecular complexity index is 2100. The van der Waals surface area contributed by atoms with Crippen LogP contribution in [0.1, 0.15) is 101 Å². The van der Waals surface area contributed by atoms with Gasteiger partial charge < -0.3 is 59.6 Å². The van der Waals surface area contributed by atoms with Gasteiger partial charge in [0, 0.05) is 67.5 Å². The third kappa shape index (κ3) is 7.89. The van der Waals surface area contributed by atoms with Crippen molar-refractivity contribution in [2.24, 2.45) is 5.41 Å². The minimum Gasteiger partial charge on any atom is -0.507 e. The Kier molecular flexibility index (Phi) is 12.1. The van der Waals surface area contributed by atoms with Crippen molar-refractivity contribution in [3.05, 3.63) is 63.7 Å². The van der Waals surface area contributed by atoms with E-state index in [0.29, 0.717) is 38.8 Å². The fourth-order valence-corrected chi connectivity index (χ4v) is 9.22. The first-order valence-corrected chi connectivity index (χ1v) is 20.3. The van der Waals surface area contributed by atoms with Crippen LogP contribution in [0.3, 0.4) is 0 Å². The molecular weight excluding hydrogens is 782 g/mol. The van der Waals surface area contributed by atoms with E-state index in [4.69, 9.17) is 18.9 Å². The van der Waals surface area contributed by atoms with Gasteiger partial charge in [0.1, 0.15) is 41.7 Å². The Hall–Kier alpha value is -4.91. The zero-order chi connectivity index (χ0) is 43.3. The number of allylic oxidation sites excluding steroid dienone is 1. The highest BCUT2D eigenvalue weighted by atomic mass is 16.7. The number of rotatable bonds is 8. The van der Waals surface area contributed by atoms with Gasteiger partial charge in [-0.2, -0.15) is 0 Å². The predicted octanol–water partition coefficient (Wildman–Crippen LogP) is 2.05. The Labute approximate surface area is 346 Å². The van der Waals surface area contributed by atoms with Crippen LogP contribution in [-0.2, 0) is 30.2 Å². The molecule has 0 bridgehead atoms. The van der Waals surface area contributed by atoms with Crippen molar-refractivity contribution < 1.29 is 68.5 Å². The molecule has 2 aromatic carbocycles. The van der Waals surface area contributed by atoms with E-state index in [2.05, 4.69) is 10.2 Å². The number of methoxy groups -OCH3 is 1. The molecule has 7 rings (SSSR count). The number of likely N-dealkylation sites (N-methyl/N-ethyl adjacent to an activating group) is 1. The van der Waals surface area contributed by atoms with E-state index in [1.54, 1.807) is 6.08 Å². The number of hydrogen-bond donors (Lipinski definition) is 6. The van der Waals surface area contributed by atoms with Gasteiger partial charge in [0.15, 0.2) is 17.9 Å². The zero-order valence-electron chi connectivity index (χ0n) is 34.1. The molecule has 2 saturated heterocycles. The number of nitrogens with zero attached hydrogens (tertiary/aromatic N) is 2. The van der Waals surface area contributed by atoms with Gasteiger partial charge in [-0.1, -0.05) is 25.1 Å². The number of carbonyl (C=O) groups is 5. The second-order valence-corrected chi connectivity index (χ2v) is 16.9. The molecule has 2 amide bonds. The lowest BCUT2D eigenvalue weighted by Gasteiger charge is -2.42. The fraction of sp³-hybridized carbons (Fsp3) is 0.558. The van der Waals surface area contributed by atoms with Crippen molar-refractivity contribution in [3.63, 3.8) is 0 Å². The Morgan fingerprint density at radius 1 is 1.02 bits per heavy atom. The maximum absolute atomic E-state index is 14.0. The number of benzene rings is 2. The van der Waals surface area contributed by atoms with E-state index < -0.39 is 113 Å². The summed E-state index contributed by atoms with van der Waals surface area (Å²) >= 11 is 0. The topological polar surface area (TPSA) is 242 Å². The summed E-state index contributed by atoms with van der Waals surface area (Å²) in [5, 5.41) is 58.7. The molecular formula is C43H53N3O14. The molecule has 3 aliphatic carbocycles. The number of hydrogen-bond acceptors (Lipinski definition) is 15. The highest BCUT2D eigenvalue weighted by Crippen LogP contribution is 2.52. The molecule has 0 spiro atoms. The van der Waals surface area contributed by atoms with Crippen LogP contribution in [0.25, 0.3) is 0 Å². The molecule has 2 heterocycles. The van der Waals surface area contributed by atoms with Crippen LogP contribution in [0, 0.1) is 5.41 Å². The number of ether oxygens (including phenoxy) is 4. The maximum Gasteiger partial charge on any atom is 0.408 e. The van der Waals surface area contributed by atoms with Crippen molar-refractivity contribution in [3.8, 4) is 17.2 Å². The molecule has 6 N–H and O–H groups in total. The lowest BCUT2D eigenvalue weighted by atomic mass is 9.72. The van der Waals surface area contributed by atoms with Gasteiger partial charge in [-0.15, -0.1) is 0 Å². The Morgan fingerprint density at radius 3 is 2.43 bits per heavy atom. The third-order valence-electron chi connectivity index (χ3n) is 12.8. The van der Waals surface area contributed by atoms with Crippen molar-refractivity contribution in [1.29, 1.82) is 0 Å². The molecule has 0 aromatic heterocycles. The standard InChI is InChI=1S/C43H53N3O14/c1-22-35(49)26(44-41(55)59-23-8-5-6-12-42(2,13-11-23)40(54)46-16-14-45(3)15-17-46)18-30(58-22)60-28-20-43(56,29(48)21-47)19-25-32(28)39(53)34-33(37(25)51)36(50)24-9-7-10-27(57-4)31(24)38(34)52/h5,7-10,22-23,26,28,30,35,47,49,51,53,56H,6,11-21H2,1-4H3,(H,44,55)/b8-5+/t22-,23-,26-,28-,30-,35+,42+,43-/m0/s1. The first-order chi connectivity index (χ1) is 28.5. The molecule has 2 aliphatic heterocycles. The van der Waals surface area contributed by atoms with E-state index >= 15 is 0 Å². The summed E-state index contributed by atoms with van der Waals surface area (Å²) in [4.78, 5) is 72.0. The number of piperazine rings is 1. The minimum atomic E-state index is -2.36. The van der Waals surface area contributed by atoms with Gasteiger partial charge >= 0.3 is 6.09 Å². The lowest BCUT2D eigenvalue weighted by molar-refractivity contribution is -0.249. The van der Waals surface area contributed by atoms with Gasteiger partial charge in [0.2, 0.25) is 11.7 Å². The monoisotopic (exact) mass is 835 g/mol. The first kappa shape index (κ1) is 43.2. The van der Waals surface area contributed by atoms with Crippen LogP contribution in [0.15, 0.2) is 30.4 Å². The largest absolute Gasteiger partial charge is 0.507 e. The predicted molar refractivity (Wildman–Crippen MR) is 211 cm³/mol. The summed E-state index contributed by atoms with van der Waals surface area (Å²) in [6.45, 7) is 5.33. The summed E-state index contributed by atoms with van der Waals surface area (Å²) in [7, 11) is 3.34. The molecule has 17 heteroatoms. The van der Waals surface area contributed by atoms with Gasteiger partial charge in [-0.05, 0) is 51.8 Å². The van der Waals surface area contributed by atoms with Crippen molar-refractivity contribution in [2.75, 3.05) is 46.9 Å². The van der Waals surface area contributed by atoms with Crippen LogP contribution in [0.4, 0.5) is 4.79 Å². The van der Waals surface area contributed by atoms with E-state index in [1.165, 1.54) is 32.2 Å². The highest BCUT2D eigenvalue weighted by Gasteiger charge is 2.50. The number of phenols is 2. The van der Waals surface area contributed by atoms with E-state index in [9.17, 15) is 49.5 Å². The quantitative estimate of drug-likeness (QED) is 0.141. The second kappa shape index (κ2) is 16.9. The lowest BCUT2D eigenvalue weighted by Crippen LogP contribution is -2.56. The number of aromatic hydroxyl groups is 2. The smallest absolute Gasteiger partial charge is 0.408 e. The number of Topliss-reactive ketones (excluding diaryl/α,β-unsaturated/α-hetero) is 1. The molecule has 8 atom stereocenters. The molecule has 0 unspecified atom stereocenters. The van der Waals surface area contributed by atoms with E-state index in [0.717, 1.165) is 13.1 Å². The molecule has 0 radical (unpaired) electrons. The van der Waals surface area contributed by atoms with Gasteiger partial charge in [-0.3, -0.25) is 19.2 Å². The van der Waals surface area contributed by atoms with E-state index in [1.807, 2.05) is 24.9 Å². The zero-order valence-corrected chi connectivity index (χ0v) is 34.1. The average Bonchev–Trinajstić information content (AvgIpc) is 3.22. The van der Waals surface area contributed by atoms with Crippen LogP contribution in [0.2, 0.25) is 0 Å². The summed E-state index contributed by atoms with van der Waals surface area (Å²) in [5.41, 5.74) is -4.71. The van der Waals surface area contributed by atoms with Crippen LogP contribution in [-0.4, -0.2) is 148 Å². The molecule has 5 aliphatic rings. The number of ketones is 3. The summed E-state index contributed by atoms with van der Waals surface area (Å²) in [6, 6.07) is 3.31. The number of aliphatic hydroxyl groups is 3. The molecule has 17 nitrogen and oxygen atoms in total. The number of fused-ring (bicyclic) bond motifs is 3. The molecule has 60 heavy (non-hydrogen) atoms. The number of phenolic OH excluding ortho intramolecular Hbond substituents is 2. The Morgan fingerprint density at radius 2 is 1.73 bits per heavy atom. The van der Waals surface area contributed by atoms with Gasteiger partial charge in [-0.25, -0.2) is 4.79 Å². The summed E-state index contributed by atoms with van der Waals surface area (Å²) in [5.74, 6) is -4.00. The SMILES string of the molecule is COc1cccc2c1C(=O)c1c(O)c3c(c(O)c1C2=O)C[C@@](O)(C(=O)CO)C[C@@H]3O[C@H]1C[C@H](NC(=O)O[C@H]2/C=C/CC[C@@](C)(C(=O)N3CCN(C)CC3)CC2)[C@H](O)[C@H](C)O1. The van der Waals surface area contributed by atoms with Gasteiger partial charge in [0.25, 0.3) is 0 Å². The number of nitrogens with one attached hydrogen (secondary N) is 1. The van der Waals surface area contributed by atoms with Crippen LogP contribution < -0.4 is 10.1 Å². The minimum absolute atomic E-state index is 0.0596. The van der Waals surface area contributed by atoms with E-state index in [-0.39, 0.29) is 40.3 Å². The maximum atomic E-state index is 14.0. The normalized spacial score (nSPS) is 31.1. The summed E-state index contributed by atoms with van der Waals surface area (Å²) < 4.78 is 23.4. The molecule has 2 aromatic rings. The molecule has 2 fully saturated rings. The summed E-state index contributed by atoms with van der Waals surface area (Å²) in [6.07, 6.45) is -2.03. The van der Waals surface area contributed by atoms with Crippen LogP contribution in [0.5, 0.6) is 17.2 Å². The molecule has 324 valence electrons. The van der Waals surface area contributed by atoms with Crippen molar-refractivity contribution >= 4 is 29.4 Å². The third-order valence-corrected chi connectivity index (χ3v) is 12.8. The van der Waals surface area contributed by atoms with Gasteiger partial charge in [0.05, 0.1) is 42.0 Å². The number of amides is 2. The van der Waals surface area contributed by atoms with Crippen LogP contribution >= 0.6 is 0 Å². The van der Waals surface area contributed by atoms with Crippen molar-refractivity contribution in [1.82, 2.24) is 15.1 Å². The number of carbonyl (C=O) groups excluding carboxylic acids is 5. The molecule has 0 saturated carbocycles. The number of alkyl carbamates (subject to hydrolysis) is 1. The number of aliphatic hydroxyl groups excluding tert-OH is 2. The second-order valence-electron chi connectivity index (χ2n) is 16.9. The van der Waals surface area contributed by atoms with Crippen molar-refractivity contribution in [2.45, 2.75) is 101 Å².